The van der Waals surface area contributed by atoms with E-state index in [1.165, 1.54) is 6.07 Å². The lowest BCUT2D eigenvalue weighted by Crippen LogP contribution is -1.98. The van der Waals surface area contributed by atoms with E-state index in [9.17, 15) is 4.79 Å². The van der Waals surface area contributed by atoms with Gasteiger partial charge in [0.1, 0.15) is 5.75 Å². The summed E-state index contributed by atoms with van der Waals surface area (Å²) < 4.78 is 11.2. The molecule has 0 aliphatic heterocycles. The minimum Gasteiger partial charge on any atom is -0.493 e. The van der Waals surface area contributed by atoms with Crippen molar-refractivity contribution in [3.63, 3.8) is 0 Å². The summed E-state index contributed by atoms with van der Waals surface area (Å²) in [6.07, 6.45) is 0.907. The molecule has 0 amide bonds. The zero-order chi connectivity index (χ0) is 15.4. The van der Waals surface area contributed by atoms with Crippen LogP contribution in [0.4, 0.5) is 0 Å². The largest absolute Gasteiger partial charge is 0.493 e. The third kappa shape index (κ3) is 3.34. The zero-order valence-corrected chi connectivity index (χ0v) is 12.3. The van der Waals surface area contributed by atoms with Crippen LogP contribution in [0.15, 0.2) is 36.4 Å². The van der Waals surface area contributed by atoms with Crippen molar-refractivity contribution in [2.24, 2.45) is 0 Å². The summed E-state index contributed by atoms with van der Waals surface area (Å²) in [6.45, 7) is 3.93. The average Bonchev–Trinajstić information content (AvgIpc) is 2.49. The number of aromatic carboxylic acids is 1. The summed E-state index contributed by atoms with van der Waals surface area (Å²) in [4.78, 5) is 11.0. The van der Waals surface area contributed by atoms with Gasteiger partial charge in [-0.25, -0.2) is 4.79 Å². The van der Waals surface area contributed by atoms with Crippen molar-refractivity contribution < 1.29 is 19.4 Å². The normalized spacial score (nSPS) is 10.2. The summed E-state index contributed by atoms with van der Waals surface area (Å²) in [5, 5.41) is 9.06. The number of carboxylic acids is 1. The van der Waals surface area contributed by atoms with Gasteiger partial charge >= 0.3 is 5.97 Å². The Morgan fingerprint density at radius 1 is 1.10 bits per heavy atom. The van der Waals surface area contributed by atoms with Crippen molar-refractivity contribution in [3.8, 4) is 17.2 Å². The summed E-state index contributed by atoms with van der Waals surface area (Å²) in [5.41, 5.74) is 2.21. The van der Waals surface area contributed by atoms with Crippen LogP contribution in [0.5, 0.6) is 17.2 Å². The van der Waals surface area contributed by atoms with Crippen molar-refractivity contribution in [3.05, 3.63) is 53.1 Å². The molecule has 1 N–H and O–H groups in total. The van der Waals surface area contributed by atoms with Crippen LogP contribution in [0.3, 0.4) is 0 Å². The minimum atomic E-state index is -0.979. The molecule has 2 aromatic rings. The quantitative estimate of drug-likeness (QED) is 0.900. The fraction of sp³-hybridized carbons (Fsp3) is 0.235. The van der Waals surface area contributed by atoms with Gasteiger partial charge in [0, 0.05) is 0 Å². The monoisotopic (exact) mass is 286 g/mol. The fourth-order valence-corrected chi connectivity index (χ4v) is 1.98. The van der Waals surface area contributed by atoms with E-state index in [1.54, 1.807) is 19.2 Å². The first-order chi connectivity index (χ1) is 10.0. The molecule has 0 heterocycles. The predicted octanol–water partition coefficient (Wildman–Crippen LogP) is 4.06. The lowest BCUT2D eigenvalue weighted by Gasteiger charge is -2.13. The molecule has 0 atom stereocenters. The maximum atomic E-state index is 11.0. The Labute approximate surface area is 123 Å². The van der Waals surface area contributed by atoms with Gasteiger partial charge < -0.3 is 14.6 Å². The Morgan fingerprint density at radius 3 is 2.48 bits per heavy atom. The van der Waals surface area contributed by atoms with Gasteiger partial charge in [0.25, 0.3) is 0 Å². The van der Waals surface area contributed by atoms with E-state index in [-0.39, 0.29) is 5.56 Å². The minimum absolute atomic E-state index is 0.194. The fourth-order valence-electron chi connectivity index (χ4n) is 1.98. The second kappa shape index (κ2) is 6.31. The highest BCUT2D eigenvalue weighted by Crippen LogP contribution is 2.34. The molecule has 110 valence electrons. The second-order valence-corrected chi connectivity index (χ2v) is 4.73. The van der Waals surface area contributed by atoms with Gasteiger partial charge in [-0.3, -0.25) is 0 Å². The number of rotatable bonds is 5. The lowest BCUT2D eigenvalue weighted by atomic mass is 10.1. The maximum Gasteiger partial charge on any atom is 0.335 e. The molecule has 4 nitrogen and oxygen atoms in total. The van der Waals surface area contributed by atoms with Crippen LogP contribution in [-0.4, -0.2) is 18.2 Å². The first kappa shape index (κ1) is 14.9. The Balaban J connectivity index is 2.37. The van der Waals surface area contributed by atoms with Crippen LogP contribution in [0.25, 0.3) is 0 Å². The summed E-state index contributed by atoms with van der Waals surface area (Å²) in [7, 11) is 1.59. The number of hydrogen-bond donors (Lipinski definition) is 1. The summed E-state index contributed by atoms with van der Waals surface area (Å²) in [5.74, 6) is 0.736. The van der Waals surface area contributed by atoms with Crippen molar-refractivity contribution >= 4 is 5.97 Å². The number of aryl methyl sites for hydroxylation is 2. The first-order valence-electron chi connectivity index (χ1n) is 6.74. The standard InChI is InChI=1S/C17H18O4/c1-4-12-6-8-14(16(9-12)20-3)21-15-10-13(17(18)19)7-5-11(15)2/h5-10H,4H2,1-3H3,(H,18,19). The van der Waals surface area contributed by atoms with Crippen molar-refractivity contribution in [2.75, 3.05) is 7.11 Å². The lowest BCUT2D eigenvalue weighted by molar-refractivity contribution is 0.0696. The van der Waals surface area contributed by atoms with E-state index in [4.69, 9.17) is 14.6 Å². The van der Waals surface area contributed by atoms with Gasteiger partial charge in [0.15, 0.2) is 11.5 Å². The maximum absolute atomic E-state index is 11.0. The second-order valence-electron chi connectivity index (χ2n) is 4.73. The smallest absolute Gasteiger partial charge is 0.335 e. The van der Waals surface area contributed by atoms with Crippen LogP contribution >= 0.6 is 0 Å². The molecule has 0 unspecified atom stereocenters. The summed E-state index contributed by atoms with van der Waals surface area (Å²) in [6, 6.07) is 10.5. The van der Waals surface area contributed by atoms with Gasteiger partial charge in [-0.2, -0.15) is 0 Å². The van der Waals surface area contributed by atoms with Gasteiger partial charge in [0.05, 0.1) is 12.7 Å². The number of benzene rings is 2. The van der Waals surface area contributed by atoms with Crippen LogP contribution in [0.2, 0.25) is 0 Å². The van der Waals surface area contributed by atoms with Gasteiger partial charge in [-0.1, -0.05) is 19.1 Å². The predicted molar refractivity (Wildman–Crippen MR) is 80.6 cm³/mol. The van der Waals surface area contributed by atoms with E-state index < -0.39 is 5.97 Å². The molecule has 4 heteroatoms. The molecule has 2 aromatic carbocycles. The molecule has 0 aromatic heterocycles. The van der Waals surface area contributed by atoms with Crippen LogP contribution < -0.4 is 9.47 Å². The Bertz CT molecular complexity index is 662. The zero-order valence-electron chi connectivity index (χ0n) is 12.3. The van der Waals surface area contributed by atoms with E-state index in [0.29, 0.717) is 17.2 Å². The number of ether oxygens (including phenoxy) is 2. The molecule has 0 spiro atoms. The first-order valence-corrected chi connectivity index (χ1v) is 6.74. The number of carbonyl (C=O) groups is 1. The van der Waals surface area contributed by atoms with Crippen LogP contribution in [0, 0.1) is 6.92 Å². The van der Waals surface area contributed by atoms with E-state index in [2.05, 4.69) is 6.92 Å². The van der Waals surface area contributed by atoms with E-state index >= 15 is 0 Å². The average molecular weight is 286 g/mol. The molecule has 0 saturated heterocycles. The van der Waals surface area contributed by atoms with Gasteiger partial charge in [-0.05, 0) is 48.7 Å². The topological polar surface area (TPSA) is 55.8 Å². The third-order valence-electron chi connectivity index (χ3n) is 3.29. The van der Waals surface area contributed by atoms with E-state index in [0.717, 1.165) is 17.5 Å². The van der Waals surface area contributed by atoms with E-state index in [1.807, 2.05) is 25.1 Å². The molecule has 0 fully saturated rings. The van der Waals surface area contributed by atoms with Crippen molar-refractivity contribution in [1.29, 1.82) is 0 Å². The SMILES string of the molecule is CCc1ccc(Oc2cc(C(=O)O)ccc2C)c(OC)c1. The molecule has 0 aliphatic carbocycles. The highest BCUT2D eigenvalue weighted by atomic mass is 16.5. The van der Waals surface area contributed by atoms with Crippen LogP contribution in [-0.2, 0) is 6.42 Å². The number of hydrogen-bond acceptors (Lipinski definition) is 3. The van der Waals surface area contributed by atoms with Crippen LogP contribution in [0.1, 0.15) is 28.4 Å². The van der Waals surface area contributed by atoms with Gasteiger partial charge in [-0.15, -0.1) is 0 Å². The Morgan fingerprint density at radius 2 is 1.86 bits per heavy atom. The molecule has 0 aliphatic rings. The Kier molecular flexibility index (Phi) is 4.48. The third-order valence-corrected chi connectivity index (χ3v) is 3.29. The molecule has 21 heavy (non-hydrogen) atoms. The van der Waals surface area contributed by atoms with Gasteiger partial charge in [0.2, 0.25) is 0 Å². The highest BCUT2D eigenvalue weighted by molar-refractivity contribution is 5.88. The van der Waals surface area contributed by atoms with Crippen molar-refractivity contribution in [2.45, 2.75) is 20.3 Å². The molecule has 2 rings (SSSR count). The Hall–Kier alpha value is -2.49. The number of carboxylic acid groups (broad SMARTS) is 1. The molecular weight excluding hydrogens is 268 g/mol. The number of methoxy groups -OCH3 is 1. The molecule has 0 bridgehead atoms. The molecule has 0 radical (unpaired) electrons. The van der Waals surface area contributed by atoms with Crippen molar-refractivity contribution in [1.82, 2.24) is 0 Å². The summed E-state index contributed by atoms with van der Waals surface area (Å²) >= 11 is 0. The highest BCUT2D eigenvalue weighted by Gasteiger charge is 2.11. The molecule has 0 saturated carbocycles. The molecular formula is C17H18O4.